The number of aromatic nitrogens is 1. The summed E-state index contributed by atoms with van der Waals surface area (Å²) in [6.45, 7) is 5.32. The highest BCUT2D eigenvalue weighted by Crippen LogP contribution is 2.25. The molecule has 0 saturated carbocycles. The molecule has 1 N–H and O–H groups in total. The van der Waals surface area contributed by atoms with Gasteiger partial charge < -0.3 is 10.0 Å². The number of benzene rings is 1. The zero-order valence-corrected chi connectivity index (χ0v) is 14.6. The molecule has 3 rings (SSSR count). The van der Waals surface area contributed by atoms with E-state index in [-0.39, 0.29) is 5.91 Å². The van der Waals surface area contributed by atoms with Crippen LogP contribution >= 0.6 is 11.3 Å². The minimum Gasteiger partial charge on any atom is -0.478 e. The Hall–Kier alpha value is -2.21. The molecular formula is C18H20N2O3S. The number of carboxylic acids is 1. The van der Waals surface area contributed by atoms with Gasteiger partial charge in [0.1, 0.15) is 4.88 Å². The molecule has 1 atom stereocenters. The Kier molecular flexibility index (Phi) is 4.66. The fourth-order valence-electron chi connectivity index (χ4n) is 3.17. The molecule has 0 spiro atoms. The molecule has 1 aliphatic rings. The maximum Gasteiger partial charge on any atom is 0.335 e. The molecule has 126 valence electrons. The summed E-state index contributed by atoms with van der Waals surface area (Å²) in [6.07, 6.45) is 1.84. The van der Waals surface area contributed by atoms with E-state index < -0.39 is 5.97 Å². The van der Waals surface area contributed by atoms with Crippen LogP contribution in [0.1, 0.15) is 42.7 Å². The second-order valence-electron chi connectivity index (χ2n) is 6.26. The number of thiazole rings is 1. The number of aromatic carboxylic acids is 1. The van der Waals surface area contributed by atoms with E-state index in [1.807, 2.05) is 30.9 Å². The van der Waals surface area contributed by atoms with Gasteiger partial charge in [-0.25, -0.2) is 9.78 Å². The Morgan fingerprint density at radius 2 is 2.00 bits per heavy atom. The summed E-state index contributed by atoms with van der Waals surface area (Å²) >= 11 is 1.46. The summed E-state index contributed by atoms with van der Waals surface area (Å²) < 4.78 is 0. The van der Waals surface area contributed by atoms with Gasteiger partial charge >= 0.3 is 5.97 Å². The average Bonchev–Trinajstić information content (AvgIpc) is 3.13. The van der Waals surface area contributed by atoms with Gasteiger partial charge in [-0.3, -0.25) is 4.79 Å². The van der Waals surface area contributed by atoms with Crippen LogP contribution in [0.5, 0.6) is 0 Å². The quantitative estimate of drug-likeness (QED) is 0.925. The summed E-state index contributed by atoms with van der Waals surface area (Å²) in [5.41, 5.74) is 2.23. The first-order valence-electron chi connectivity index (χ1n) is 7.99. The monoisotopic (exact) mass is 344 g/mol. The van der Waals surface area contributed by atoms with Crippen LogP contribution in [0.15, 0.2) is 24.3 Å². The lowest BCUT2D eigenvalue weighted by atomic mass is 9.98. The highest BCUT2D eigenvalue weighted by atomic mass is 32.1. The van der Waals surface area contributed by atoms with Gasteiger partial charge in [0, 0.05) is 13.1 Å². The lowest BCUT2D eigenvalue weighted by Crippen LogP contribution is -2.28. The highest BCUT2D eigenvalue weighted by molar-refractivity contribution is 7.13. The number of carbonyl (C=O) groups is 2. The molecule has 2 aromatic rings. The standard InChI is InChI=1S/C18H20N2O3S/c1-11-16(24-12(2)19-11)17(21)20-8-7-14(10-20)9-13-3-5-15(6-4-13)18(22)23/h3-6,14H,7-10H2,1-2H3,(H,22,23). The van der Waals surface area contributed by atoms with E-state index >= 15 is 0 Å². The Morgan fingerprint density at radius 3 is 2.58 bits per heavy atom. The molecule has 24 heavy (non-hydrogen) atoms. The molecule has 1 unspecified atom stereocenters. The van der Waals surface area contributed by atoms with Crippen LogP contribution < -0.4 is 0 Å². The lowest BCUT2D eigenvalue weighted by molar-refractivity contribution is 0.0696. The van der Waals surface area contributed by atoms with Crippen molar-refractivity contribution in [3.8, 4) is 0 Å². The molecule has 1 aliphatic heterocycles. The van der Waals surface area contributed by atoms with E-state index in [1.54, 1.807) is 12.1 Å². The third-order valence-corrected chi connectivity index (χ3v) is 5.46. The molecular weight excluding hydrogens is 324 g/mol. The predicted molar refractivity (Wildman–Crippen MR) is 92.7 cm³/mol. The van der Waals surface area contributed by atoms with Crippen LogP contribution in [0.25, 0.3) is 0 Å². The molecule has 1 saturated heterocycles. The van der Waals surface area contributed by atoms with Crippen molar-refractivity contribution in [3.05, 3.63) is 51.0 Å². The number of nitrogens with zero attached hydrogens (tertiary/aromatic N) is 2. The van der Waals surface area contributed by atoms with Crippen molar-refractivity contribution in [2.45, 2.75) is 26.7 Å². The van der Waals surface area contributed by atoms with Crippen LogP contribution in [0.4, 0.5) is 0 Å². The van der Waals surface area contributed by atoms with Gasteiger partial charge in [-0.05, 0) is 50.3 Å². The van der Waals surface area contributed by atoms with Crippen LogP contribution in [0, 0.1) is 19.8 Å². The fraction of sp³-hybridized carbons (Fsp3) is 0.389. The molecule has 1 aromatic carbocycles. The minimum absolute atomic E-state index is 0.0850. The summed E-state index contributed by atoms with van der Waals surface area (Å²) in [5, 5.41) is 9.86. The van der Waals surface area contributed by atoms with Crippen molar-refractivity contribution in [1.82, 2.24) is 9.88 Å². The minimum atomic E-state index is -0.908. The van der Waals surface area contributed by atoms with Crippen molar-refractivity contribution in [1.29, 1.82) is 0 Å². The molecule has 0 radical (unpaired) electrons. The number of aryl methyl sites for hydroxylation is 2. The predicted octanol–water partition coefficient (Wildman–Crippen LogP) is 3.16. The SMILES string of the molecule is Cc1nc(C)c(C(=O)N2CCC(Cc3ccc(C(=O)O)cc3)C2)s1. The molecule has 0 aliphatic carbocycles. The molecule has 1 fully saturated rings. The van der Waals surface area contributed by atoms with Crippen molar-refractivity contribution >= 4 is 23.2 Å². The topological polar surface area (TPSA) is 70.5 Å². The molecule has 5 nitrogen and oxygen atoms in total. The number of rotatable bonds is 4. The first-order valence-corrected chi connectivity index (χ1v) is 8.81. The van der Waals surface area contributed by atoms with Gasteiger partial charge in [-0.1, -0.05) is 12.1 Å². The van der Waals surface area contributed by atoms with Gasteiger partial charge in [0.25, 0.3) is 5.91 Å². The average molecular weight is 344 g/mol. The zero-order chi connectivity index (χ0) is 17.3. The van der Waals surface area contributed by atoms with Gasteiger partial charge in [0.15, 0.2) is 0 Å². The normalized spacial score (nSPS) is 17.2. The number of carboxylic acid groups (broad SMARTS) is 1. The van der Waals surface area contributed by atoms with Gasteiger partial charge in [0.05, 0.1) is 16.3 Å². The Bertz CT molecular complexity index is 767. The van der Waals surface area contributed by atoms with Crippen molar-refractivity contribution in [2.24, 2.45) is 5.92 Å². The Morgan fingerprint density at radius 1 is 1.29 bits per heavy atom. The number of carbonyl (C=O) groups excluding carboxylic acids is 1. The zero-order valence-electron chi connectivity index (χ0n) is 13.8. The van der Waals surface area contributed by atoms with Crippen molar-refractivity contribution in [3.63, 3.8) is 0 Å². The van der Waals surface area contributed by atoms with Crippen LogP contribution in [0.2, 0.25) is 0 Å². The maximum absolute atomic E-state index is 12.6. The van der Waals surface area contributed by atoms with E-state index in [4.69, 9.17) is 5.11 Å². The van der Waals surface area contributed by atoms with E-state index in [2.05, 4.69) is 4.98 Å². The van der Waals surface area contributed by atoms with Crippen LogP contribution in [-0.2, 0) is 6.42 Å². The molecule has 6 heteroatoms. The van der Waals surface area contributed by atoms with Crippen molar-refractivity contribution < 1.29 is 14.7 Å². The number of hydrogen-bond acceptors (Lipinski definition) is 4. The number of amides is 1. The first kappa shape index (κ1) is 16.6. The Balaban J connectivity index is 1.62. The smallest absolute Gasteiger partial charge is 0.335 e. The number of hydrogen-bond donors (Lipinski definition) is 1. The third kappa shape index (κ3) is 3.48. The molecule has 2 heterocycles. The largest absolute Gasteiger partial charge is 0.478 e. The van der Waals surface area contributed by atoms with Crippen LogP contribution in [-0.4, -0.2) is 40.0 Å². The second kappa shape index (κ2) is 6.73. The van der Waals surface area contributed by atoms with Gasteiger partial charge in [0.2, 0.25) is 0 Å². The van der Waals surface area contributed by atoms with E-state index in [1.165, 1.54) is 11.3 Å². The summed E-state index contributed by atoms with van der Waals surface area (Å²) in [6, 6.07) is 7.01. The summed E-state index contributed by atoms with van der Waals surface area (Å²) in [7, 11) is 0. The lowest BCUT2D eigenvalue weighted by Gasteiger charge is -2.16. The van der Waals surface area contributed by atoms with E-state index in [0.717, 1.165) is 47.1 Å². The maximum atomic E-state index is 12.6. The van der Waals surface area contributed by atoms with Gasteiger partial charge in [-0.2, -0.15) is 0 Å². The third-order valence-electron chi connectivity index (χ3n) is 4.40. The van der Waals surface area contributed by atoms with E-state index in [0.29, 0.717) is 11.5 Å². The molecule has 0 bridgehead atoms. The fourth-order valence-corrected chi connectivity index (χ4v) is 4.06. The van der Waals surface area contributed by atoms with Crippen LogP contribution in [0.3, 0.4) is 0 Å². The first-order chi connectivity index (χ1) is 11.4. The molecule has 1 amide bonds. The molecule has 1 aromatic heterocycles. The number of likely N-dealkylation sites (tertiary alicyclic amines) is 1. The second-order valence-corrected chi connectivity index (χ2v) is 7.46. The highest BCUT2D eigenvalue weighted by Gasteiger charge is 2.29. The summed E-state index contributed by atoms with van der Waals surface area (Å²) in [5.74, 6) is -0.407. The van der Waals surface area contributed by atoms with Crippen molar-refractivity contribution in [2.75, 3.05) is 13.1 Å². The Labute approximate surface area is 145 Å². The van der Waals surface area contributed by atoms with E-state index in [9.17, 15) is 9.59 Å². The summed E-state index contributed by atoms with van der Waals surface area (Å²) in [4.78, 5) is 30.5. The van der Waals surface area contributed by atoms with Gasteiger partial charge in [-0.15, -0.1) is 11.3 Å².